The van der Waals surface area contributed by atoms with Gasteiger partial charge in [0, 0.05) is 28.2 Å². The minimum Gasteiger partial charge on any atom is -0.361 e. The van der Waals surface area contributed by atoms with Crippen molar-refractivity contribution in [3.63, 3.8) is 0 Å². The fourth-order valence-corrected chi connectivity index (χ4v) is 4.58. The van der Waals surface area contributed by atoms with Crippen LogP contribution in [-0.2, 0) is 10.2 Å². The van der Waals surface area contributed by atoms with Crippen LogP contribution in [0.25, 0.3) is 17.0 Å². The lowest BCUT2D eigenvalue weighted by molar-refractivity contribution is -0.118. The van der Waals surface area contributed by atoms with Crippen LogP contribution in [0.2, 0.25) is 0 Å². The lowest BCUT2D eigenvalue weighted by atomic mass is 9.75. The van der Waals surface area contributed by atoms with Crippen LogP contribution in [0, 0.1) is 0 Å². The average Bonchev–Trinajstić information content (AvgIpc) is 3.25. The molecule has 3 aromatic rings. The number of fused-ring (bicyclic) bond motifs is 4. The number of carbonyl (C=O) groups excluding carboxylic acids is 1. The fourth-order valence-electron chi connectivity index (χ4n) is 4.58. The SMILES string of the molecule is CC1(C)c2ccccc2N2CC(=O)N[C@@]21/C=C/c1c[nH]c2ccccc12. The molecule has 130 valence electrons. The highest BCUT2D eigenvalue weighted by Crippen LogP contribution is 2.52. The van der Waals surface area contributed by atoms with Gasteiger partial charge in [0.15, 0.2) is 0 Å². The zero-order chi connectivity index (χ0) is 17.9. The van der Waals surface area contributed by atoms with Crippen molar-refractivity contribution in [1.29, 1.82) is 0 Å². The van der Waals surface area contributed by atoms with Crippen LogP contribution in [0.1, 0.15) is 25.0 Å². The van der Waals surface area contributed by atoms with Crippen molar-refractivity contribution in [3.05, 3.63) is 71.9 Å². The number of aromatic nitrogens is 1. The predicted octanol–water partition coefficient (Wildman–Crippen LogP) is 3.81. The number of hydrogen-bond donors (Lipinski definition) is 2. The van der Waals surface area contributed by atoms with Crippen molar-refractivity contribution < 1.29 is 4.79 Å². The fraction of sp³-hybridized carbons (Fsp3) is 0.227. The number of carbonyl (C=O) groups is 1. The molecule has 4 heteroatoms. The Kier molecular flexibility index (Phi) is 2.94. The van der Waals surface area contributed by atoms with Crippen LogP contribution in [0.5, 0.6) is 0 Å². The van der Waals surface area contributed by atoms with Gasteiger partial charge in [-0.05, 0) is 29.3 Å². The van der Waals surface area contributed by atoms with E-state index in [0.29, 0.717) is 6.54 Å². The molecule has 1 fully saturated rings. The first kappa shape index (κ1) is 15.3. The van der Waals surface area contributed by atoms with Gasteiger partial charge in [0.1, 0.15) is 5.66 Å². The maximum Gasteiger partial charge on any atom is 0.241 e. The van der Waals surface area contributed by atoms with Gasteiger partial charge >= 0.3 is 0 Å². The molecule has 4 nitrogen and oxygen atoms in total. The van der Waals surface area contributed by atoms with Crippen LogP contribution in [0.15, 0.2) is 60.8 Å². The van der Waals surface area contributed by atoms with E-state index < -0.39 is 5.66 Å². The summed E-state index contributed by atoms with van der Waals surface area (Å²) in [4.78, 5) is 17.9. The minimum atomic E-state index is -0.549. The quantitative estimate of drug-likeness (QED) is 0.743. The molecule has 1 saturated heterocycles. The number of para-hydroxylation sites is 2. The number of aromatic amines is 1. The maximum atomic E-state index is 12.3. The molecule has 2 N–H and O–H groups in total. The molecular weight excluding hydrogens is 322 g/mol. The third-order valence-corrected chi connectivity index (χ3v) is 6.00. The lowest BCUT2D eigenvalue weighted by Crippen LogP contribution is -2.58. The second-order valence-corrected chi connectivity index (χ2v) is 7.67. The van der Waals surface area contributed by atoms with E-state index in [2.05, 4.69) is 71.5 Å². The van der Waals surface area contributed by atoms with Gasteiger partial charge in [0.05, 0.1) is 6.54 Å². The summed E-state index contributed by atoms with van der Waals surface area (Å²) in [7, 11) is 0. The summed E-state index contributed by atoms with van der Waals surface area (Å²) in [5.41, 5.74) is 3.86. The molecule has 1 aromatic heterocycles. The Morgan fingerprint density at radius 2 is 1.85 bits per heavy atom. The zero-order valence-electron chi connectivity index (χ0n) is 14.9. The maximum absolute atomic E-state index is 12.3. The molecule has 26 heavy (non-hydrogen) atoms. The summed E-state index contributed by atoms with van der Waals surface area (Å²) in [5.74, 6) is 0.0659. The second kappa shape index (κ2) is 5.01. The van der Waals surface area contributed by atoms with E-state index in [0.717, 1.165) is 16.8 Å². The van der Waals surface area contributed by atoms with Crippen LogP contribution in [-0.4, -0.2) is 23.1 Å². The molecule has 2 aliphatic rings. The van der Waals surface area contributed by atoms with Crippen LogP contribution in [0.3, 0.4) is 0 Å². The molecule has 3 heterocycles. The summed E-state index contributed by atoms with van der Waals surface area (Å²) in [6, 6.07) is 16.6. The monoisotopic (exact) mass is 343 g/mol. The van der Waals surface area contributed by atoms with Gasteiger partial charge in [-0.15, -0.1) is 0 Å². The highest BCUT2D eigenvalue weighted by atomic mass is 16.2. The Hall–Kier alpha value is -3.01. The first-order valence-corrected chi connectivity index (χ1v) is 8.96. The third-order valence-electron chi connectivity index (χ3n) is 6.00. The first-order chi connectivity index (χ1) is 12.5. The molecule has 2 aliphatic heterocycles. The number of amides is 1. The smallest absolute Gasteiger partial charge is 0.241 e. The number of benzene rings is 2. The van der Waals surface area contributed by atoms with Crippen molar-refractivity contribution in [2.75, 3.05) is 11.4 Å². The van der Waals surface area contributed by atoms with E-state index in [9.17, 15) is 4.79 Å². The molecule has 0 spiro atoms. The first-order valence-electron chi connectivity index (χ1n) is 8.96. The van der Waals surface area contributed by atoms with Gasteiger partial charge in [-0.1, -0.05) is 56.3 Å². The molecule has 2 aromatic carbocycles. The van der Waals surface area contributed by atoms with Gasteiger partial charge in [-0.25, -0.2) is 0 Å². The van der Waals surface area contributed by atoms with E-state index in [-0.39, 0.29) is 11.3 Å². The number of nitrogens with zero attached hydrogens (tertiary/aromatic N) is 1. The molecule has 0 saturated carbocycles. The van der Waals surface area contributed by atoms with Gasteiger partial charge in [0.25, 0.3) is 0 Å². The molecule has 0 radical (unpaired) electrons. The van der Waals surface area contributed by atoms with Crippen LogP contribution < -0.4 is 10.2 Å². The summed E-state index contributed by atoms with van der Waals surface area (Å²) >= 11 is 0. The Labute approximate surface area is 152 Å². The Morgan fingerprint density at radius 1 is 1.08 bits per heavy atom. The van der Waals surface area contributed by atoms with Gasteiger partial charge in [0.2, 0.25) is 5.91 Å². The van der Waals surface area contributed by atoms with Crippen molar-refractivity contribution >= 4 is 28.6 Å². The second-order valence-electron chi connectivity index (χ2n) is 7.67. The van der Waals surface area contributed by atoms with Crippen molar-refractivity contribution in [2.24, 2.45) is 0 Å². The van der Waals surface area contributed by atoms with Crippen molar-refractivity contribution in [3.8, 4) is 0 Å². The van der Waals surface area contributed by atoms with Crippen molar-refractivity contribution in [1.82, 2.24) is 10.3 Å². The Balaban J connectivity index is 1.66. The van der Waals surface area contributed by atoms with Crippen LogP contribution >= 0.6 is 0 Å². The van der Waals surface area contributed by atoms with E-state index in [1.165, 1.54) is 10.9 Å². The van der Waals surface area contributed by atoms with Gasteiger partial charge < -0.3 is 15.2 Å². The molecule has 1 amide bonds. The topological polar surface area (TPSA) is 48.1 Å². The van der Waals surface area contributed by atoms with E-state index >= 15 is 0 Å². The Bertz CT molecular complexity index is 1060. The molecule has 0 aliphatic carbocycles. The normalized spacial score (nSPS) is 23.5. The molecular formula is C22H21N3O. The van der Waals surface area contributed by atoms with Crippen LogP contribution in [0.4, 0.5) is 5.69 Å². The number of hydrogen-bond acceptors (Lipinski definition) is 2. The largest absolute Gasteiger partial charge is 0.361 e. The van der Waals surface area contributed by atoms with E-state index in [1.807, 2.05) is 24.4 Å². The van der Waals surface area contributed by atoms with Gasteiger partial charge in [-0.3, -0.25) is 4.79 Å². The van der Waals surface area contributed by atoms with Crippen molar-refractivity contribution in [2.45, 2.75) is 24.9 Å². The molecule has 1 atom stereocenters. The highest BCUT2D eigenvalue weighted by Gasteiger charge is 2.59. The number of nitrogens with one attached hydrogen (secondary N) is 2. The number of rotatable bonds is 2. The lowest BCUT2D eigenvalue weighted by Gasteiger charge is -2.40. The number of anilines is 1. The van der Waals surface area contributed by atoms with Gasteiger partial charge in [-0.2, -0.15) is 0 Å². The Morgan fingerprint density at radius 3 is 2.73 bits per heavy atom. The summed E-state index contributed by atoms with van der Waals surface area (Å²) < 4.78 is 0. The average molecular weight is 343 g/mol. The molecule has 5 rings (SSSR count). The molecule has 0 bridgehead atoms. The number of H-pyrrole nitrogens is 1. The minimum absolute atomic E-state index is 0.0659. The standard InChI is InChI=1S/C22H21N3O/c1-21(2)17-8-4-6-10-19(17)25-14-20(26)24-22(21,25)12-11-15-13-23-18-9-5-3-7-16(15)18/h3-13,23H,14H2,1-2H3,(H,24,26)/b12-11+/t22-/m0/s1. The van der Waals surface area contributed by atoms with E-state index in [1.54, 1.807) is 0 Å². The third kappa shape index (κ3) is 1.81. The highest BCUT2D eigenvalue weighted by molar-refractivity contribution is 5.93. The van der Waals surface area contributed by atoms with E-state index in [4.69, 9.17) is 0 Å². The summed E-state index contributed by atoms with van der Waals surface area (Å²) in [5, 5.41) is 4.45. The summed E-state index contributed by atoms with van der Waals surface area (Å²) in [6.07, 6.45) is 6.31. The summed E-state index contributed by atoms with van der Waals surface area (Å²) in [6.45, 7) is 4.80. The molecule has 0 unspecified atom stereocenters. The zero-order valence-corrected chi connectivity index (χ0v) is 14.9. The predicted molar refractivity (Wildman–Crippen MR) is 105 cm³/mol.